The van der Waals surface area contributed by atoms with Crippen LogP contribution in [-0.4, -0.2) is 33.3 Å². The lowest BCUT2D eigenvalue weighted by atomic mass is 10.2. The molecule has 1 saturated heterocycles. The molecular weight excluding hydrogens is 234 g/mol. The summed E-state index contributed by atoms with van der Waals surface area (Å²) in [6.07, 6.45) is 5.59. The first-order valence-electron chi connectivity index (χ1n) is 7.67. The molecule has 0 amide bonds. The van der Waals surface area contributed by atoms with Gasteiger partial charge in [-0.3, -0.25) is 0 Å². The van der Waals surface area contributed by atoms with Crippen molar-refractivity contribution in [2.75, 3.05) is 19.6 Å². The van der Waals surface area contributed by atoms with Crippen LogP contribution in [0.5, 0.6) is 0 Å². The number of rotatable bonds is 6. The van der Waals surface area contributed by atoms with Gasteiger partial charge in [-0.05, 0) is 38.1 Å². The highest BCUT2D eigenvalue weighted by atomic mass is 28.3. The lowest BCUT2D eigenvalue weighted by molar-refractivity contribution is 0.285. The highest BCUT2D eigenvalue weighted by Gasteiger charge is 2.21. The standard InChI is InChI=1S/C16H27NSi/c1-2-3-4-8-11-17-12-14-18(15-13-17)16-9-6-5-7-10-16/h5-7,9-10,18H,2-4,8,11-15H2,1H3. The number of benzene rings is 1. The lowest BCUT2D eigenvalue weighted by Crippen LogP contribution is -2.43. The van der Waals surface area contributed by atoms with E-state index in [1.807, 2.05) is 0 Å². The molecule has 1 aromatic carbocycles. The third kappa shape index (κ3) is 4.25. The average molecular weight is 261 g/mol. The highest BCUT2D eigenvalue weighted by Crippen LogP contribution is 2.13. The van der Waals surface area contributed by atoms with Crippen LogP contribution in [0.3, 0.4) is 0 Å². The van der Waals surface area contributed by atoms with Gasteiger partial charge in [-0.1, -0.05) is 61.7 Å². The van der Waals surface area contributed by atoms with Crippen LogP contribution in [-0.2, 0) is 0 Å². The largest absolute Gasteiger partial charge is 0.304 e. The quantitative estimate of drug-likeness (QED) is 0.562. The molecule has 0 atom stereocenters. The summed E-state index contributed by atoms with van der Waals surface area (Å²) in [5.41, 5.74) is 0. The molecular formula is C16H27NSi. The van der Waals surface area contributed by atoms with Gasteiger partial charge in [-0.2, -0.15) is 0 Å². The molecule has 0 spiro atoms. The van der Waals surface area contributed by atoms with E-state index in [9.17, 15) is 0 Å². The average Bonchev–Trinajstić information content (AvgIpc) is 2.45. The molecule has 0 aromatic heterocycles. The normalized spacial score (nSPS) is 18.1. The van der Waals surface area contributed by atoms with Crippen LogP contribution >= 0.6 is 0 Å². The van der Waals surface area contributed by atoms with Crippen molar-refractivity contribution in [3.05, 3.63) is 30.3 Å². The fourth-order valence-corrected chi connectivity index (χ4v) is 6.05. The molecule has 2 heteroatoms. The van der Waals surface area contributed by atoms with Crippen molar-refractivity contribution in [3.63, 3.8) is 0 Å². The van der Waals surface area contributed by atoms with Gasteiger partial charge in [0.1, 0.15) is 0 Å². The first-order valence-corrected chi connectivity index (χ1v) is 9.88. The van der Waals surface area contributed by atoms with E-state index in [0.29, 0.717) is 0 Å². The Morgan fingerprint density at radius 3 is 2.39 bits per heavy atom. The Kier molecular flexibility index (Phi) is 5.95. The summed E-state index contributed by atoms with van der Waals surface area (Å²) in [5, 5.41) is 1.68. The van der Waals surface area contributed by atoms with Gasteiger partial charge in [0.25, 0.3) is 0 Å². The van der Waals surface area contributed by atoms with Crippen molar-refractivity contribution in [3.8, 4) is 0 Å². The number of hydrogen-bond donors (Lipinski definition) is 0. The smallest absolute Gasteiger partial charge is 0.0733 e. The van der Waals surface area contributed by atoms with Gasteiger partial charge in [0.2, 0.25) is 0 Å². The van der Waals surface area contributed by atoms with E-state index in [1.54, 1.807) is 5.19 Å². The SMILES string of the molecule is CCCCCCN1CC[SiH](c2ccccc2)CC1. The van der Waals surface area contributed by atoms with E-state index in [0.717, 1.165) is 0 Å². The van der Waals surface area contributed by atoms with Gasteiger partial charge >= 0.3 is 0 Å². The van der Waals surface area contributed by atoms with Crippen LogP contribution in [0.2, 0.25) is 12.1 Å². The van der Waals surface area contributed by atoms with Gasteiger partial charge in [0, 0.05) is 0 Å². The second-order valence-corrected chi connectivity index (χ2v) is 8.80. The van der Waals surface area contributed by atoms with E-state index >= 15 is 0 Å². The van der Waals surface area contributed by atoms with Crippen LogP contribution in [0, 0.1) is 0 Å². The van der Waals surface area contributed by atoms with Crippen molar-refractivity contribution in [1.82, 2.24) is 4.90 Å². The van der Waals surface area contributed by atoms with Crippen LogP contribution in [0.15, 0.2) is 30.3 Å². The number of unbranched alkanes of at least 4 members (excludes halogenated alkanes) is 3. The summed E-state index contributed by atoms with van der Waals surface area (Å²) in [7, 11) is -0.612. The maximum Gasteiger partial charge on any atom is 0.0733 e. The van der Waals surface area contributed by atoms with Gasteiger partial charge in [0.05, 0.1) is 8.80 Å². The molecule has 1 nitrogen and oxygen atoms in total. The maximum atomic E-state index is 2.70. The molecule has 0 N–H and O–H groups in total. The molecule has 1 aromatic rings. The molecule has 0 unspecified atom stereocenters. The Hall–Kier alpha value is -0.603. The second kappa shape index (κ2) is 7.75. The summed E-state index contributed by atoms with van der Waals surface area (Å²) in [6.45, 7) is 6.35. The Morgan fingerprint density at radius 2 is 1.72 bits per heavy atom. The third-order valence-corrected chi connectivity index (χ3v) is 7.42. The molecule has 1 aliphatic heterocycles. The highest BCUT2D eigenvalue weighted by molar-refractivity contribution is 6.73. The molecule has 2 rings (SSSR count). The Morgan fingerprint density at radius 1 is 1.00 bits per heavy atom. The maximum absolute atomic E-state index is 2.70. The van der Waals surface area contributed by atoms with Crippen molar-refractivity contribution in [2.45, 2.75) is 44.7 Å². The molecule has 1 heterocycles. The Bertz CT molecular complexity index is 317. The predicted octanol–water partition coefficient (Wildman–Crippen LogP) is 3.02. The van der Waals surface area contributed by atoms with Gasteiger partial charge in [-0.15, -0.1) is 0 Å². The van der Waals surface area contributed by atoms with Crippen LogP contribution in [0.25, 0.3) is 0 Å². The fraction of sp³-hybridized carbons (Fsp3) is 0.625. The third-order valence-electron chi connectivity index (χ3n) is 4.19. The molecule has 18 heavy (non-hydrogen) atoms. The van der Waals surface area contributed by atoms with E-state index in [1.165, 1.54) is 57.4 Å². The zero-order valence-corrected chi connectivity index (χ0v) is 12.9. The van der Waals surface area contributed by atoms with E-state index < -0.39 is 8.80 Å². The molecule has 1 aliphatic rings. The second-order valence-electron chi connectivity index (χ2n) is 5.59. The molecule has 0 radical (unpaired) electrons. The Balaban J connectivity index is 1.68. The zero-order valence-electron chi connectivity index (χ0n) is 11.8. The summed E-state index contributed by atoms with van der Waals surface area (Å²) in [4.78, 5) is 2.70. The predicted molar refractivity (Wildman–Crippen MR) is 83.4 cm³/mol. The zero-order chi connectivity index (χ0) is 12.6. The molecule has 0 saturated carbocycles. The minimum Gasteiger partial charge on any atom is -0.304 e. The fourth-order valence-electron chi connectivity index (χ4n) is 2.98. The molecule has 0 bridgehead atoms. The lowest BCUT2D eigenvalue weighted by Gasteiger charge is -2.31. The van der Waals surface area contributed by atoms with Crippen molar-refractivity contribution >= 4 is 14.0 Å². The first-order chi connectivity index (χ1) is 8.90. The first kappa shape index (κ1) is 13.8. The summed E-state index contributed by atoms with van der Waals surface area (Å²) < 4.78 is 0. The van der Waals surface area contributed by atoms with E-state index in [-0.39, 0.29) is 0 Å². The summed E-state index contributed by atoms with van der Waals surface area (Å²) >= 11 is 0. The molecule has 0 aliphatic carbocycles. The van der Waals surface area contributed by atoms with Crippen molar-refractivity contribution < 1.29 is 0 Å². The minimum absolute atomic E-state index is 0.612. The molecule has 1 fully saturated rings. The summed E-state index contributed by atoms with van der Waals surface area (Å²) in [5.74, 6) is 0. The van der Waals surface area contributed by atoms with Crippen LogP contribution in [0.1, 0.15) is 32.6 Å². The van der Waals surface area contributed by atoms with E-state index in [4.69, 9.17) is 0 Å². The van der Waals surface area contributed by atoms with Gasteiger partial charge < -0.3 is 4.90 Å². The Labute approximate surface area is 114 Å². The van der Waals surface area contributed by atoms with Gasteiger partial charge in [-0.25, -0.2) is 0 Å². The number of hydrogen-bond acceptors (Lipinski definition) is 1. The minimum atomic E-state index is -0.612. The van der Waals surface area contributed by atoms with Crippen molar-refractivity contribution in [2.24, 2.45) is 0 Å². The van der Waals surface area contributed by atoms with Gasteiger partial charge in [0.15, 0.2) is 0 Å². The van der Waals surface area contributed by atoms with E-state index in [2.05, 4.69) is 42.2 Å². The monoisotopic (exact) mass is 261 g/mol. The summed E-state index contributed by atoms with van der Waals surface area (Å²) in [6, 6.07) is 14.2. The molecule has 100 valence electrons. The van der Waals surface area contributed by atoms with Crippen LogP contribution in [0.4, 0.5) is 0 Å². The van der Waals surface area contributed by atoms with Crippen LogP contribution < -0.4 is 5.19 Å². The topological polar surface area (TPSA) is 3.24 Å². The number of nitrogens with zero attached hydrogens (tertiary/aromatic N) is 1. The van der Waals surface area contributed by atoms with Crippen molar-refractivity contribution in [1.29, 1.82) is 0 Å².